The molecule has 2 fully saturated rings. The molecule has 2 aliphatic rings. The first-order valence-corrected chi connectivity index (χ1v) is 14.4. The minimum absolute atomic E-state index is 0.0715. The van der Waals surface area contributed by atoms with Gasteiger partial charge in [-0.2, -0.15) is 0 Å². The van der Waals surface area contributed by atoms with Crippen molar-refractivity contribution in [3.05, 3.63) is 54.1 Å². The third kappa shape index (κ3) is 7.03. The summed E-state index contributed by atoms with van der Waals surface area (Å²) in [7, 11) is 0. The summed E-state index contributed by atoms with van der Waals surface area (Å²) in [6.07, 6.45) is 13.3. The molecule has 3 N–H and O–H groups in total. The fourth-order valence-corrected chi connectivity index (χ4v) is 6.38. The zero-order valence-electron chi connectivity index (χ0n) is 22.7. The number of aromatic nitrogens is 2. The first-order valence-electron chi connectivity index (χ1n) is 14.4. The Morgan fingerprint density at radius 1 is 1.11 bits per heavy atom. The molecule has 1 unspecified atom stereocenters. The van der Waals surface area contributed by atoms with Crippen molar-refractivity contribution in [2.24, 2.45) is 11.3 Å². The molecule has 4 rings (SSSR count). The van der Waals surface area contributed by atoms with Gasteiger partial charge in [0.05, 0.1) is 6.33 Å². The van der Waals surface area contributed by atoms with Crippen molar-refractivity contribution in [3.63, 3.8) is 0 Å². The van der Waals surface area contributed by atoms with Gasteiger partial charge in [-0.3, -0.25) is 9.59 Å². The van der Waals surface area contributed by atoms with Gasteiger partial charge in [-0.25, -0.2) is 9.78 Å². The third-order valence-electron chi connectivity index (χ3n) is 8.51. The lowest BCUT2D eigenvalue weighted by Crippen LogP contribution is -2.56. The maximum absolute atomic E-state index is 13.8. The number of hydrogen-bond acceptors (Lipinski definition) is 4. The predicted octanol–water partition coefficient (Wildman–Crippen LogP) is 4.42. The van der Waals surface area contributed by atoms with Crippen LogP contribution >= 0.6 is 0 Å². The Morgan fingerprint density at radius 3 is 2.50 bits per heavy atom. The summed E-state index contributed by atoms with van der Waals surface area (Å²) in [5, 5.41) is 5.80. The molecule has 1 aliphatic carbocycles. The van der Waals surface area contributed by atoms with Gasteiger partial charge in [-0.05, 0) is 43.6 Å². The number of nitrogens with zero attached hydrogens (tertiary/aromatic N) is 2. The quantitative estimate of drug-likeness (QED) is 0.407. The number of benzene rings is 1. The number of carbonyl (C=O) groups excluding carboxylic acids is 3. The molecule has 2 aromatic rings. The minimum Gasteiger partial charge on any atom is -0.348 e. The Bertz CT molecular complexity index is 1030. The van der Waals surface area contributed by atoms with Crippen LogP contribution in [0, 0.1) is 11.3 Å². The molecule has 1 saturated heterocycles. The van der Waals surface area contributed by atoms with E-state index >= 15 is 0 Å². The molecule has 0 radical (unpaired) electrons. The van der Waals surface area contributed by atoms with Gasteiger partial charge in [0.15, 0.2) is 0 Å². The average molecular weight is 522 g/mol. The Labute approximate surface area is 226 Å². The van der Waals surface area contributed by atoms with E-state index in [2.05, 4.69) is 27.5 Å². The van der Waals surface area contributed by atoms with Crippen molar-refractivity contribution >= 4 is 17.7 Å². The average Bonchev–Trinajstić information content (AvgIpc) is 3.47. The van der Waals surface area contributed by atoms with Crippen molar-refractivity contribution in [2.75, 3.05) is 19.6 Å². The molecule has 1 aliphatic heterocycles. The Morgan fingerprint density at radius 2 is 1.84 bits per heavy atom. The van der Waals surface area contributed by atoms with Crippen LogP contribution in [0.4, 0.5) is 4.79 Å². The van der Waals surface area contributed by atoms with Crippen LogP contribution in [0.15, 0.2) is 42.9 Å². The summed E-state index contributed by atoms with van der Waals surface area (Å²) in [4.78, 5) is 48.9. The Hall–Kier alpha value is -3.16. The van der Waals surface area contributed by atoms with Crippen LogP contribution in [0.25, 0.3) is 0 Å². The SMILES string of the molecule is CCCC(=O)C1(C2CCCCC2)CCN(C(=O)C(Cc2ccccc2)NC(=O)NCCc2cnc[nH]2)CC1. The van der Waals surface area contributed by atoms with E-state index < -0.39 is 6.04 Å². The largest absolute Gasteiger partial charge is 0.348 e. The molecule has 1 saturated carbocycles. The van der Waals surface area contributed by atoms with Gasteiger partial charge in [0.1, 0.15) is 11.8 Å². The lowest BCUT2D eigenvalue weighted by molar-refractivity contribution is -0.144. The third-order valence-corrected chi connectivity index (χ3v) is 8.51. The second kappa shape index (κ2) is 13.6. The highest BCUT2D eigenvalue weighted by atomic mass is 16.2. The van der Waals surface area contributed by atoms with Gasteiger partial charge in [-0.15, -0.1) is 0 Å². The van der Waals surface area contributed by atoms with Crippen LogP contribution in [0.1, 0.15) is 76.0 Å². The van der Waals surface area contributed by atoms with Crippen LogP contribution in [-0.2, 0) is 22.4 Å². The maximum Gasteiger partial charge on any atom is 0.315 e. The molecule has 1 aromatic heterocycles. The summed E-state index contributed by atoms with van der Waals surface area (Å²) in [6.45, 7) is 3.65. The number of rotatable bonds is 11. The number of imidazole rings is 1. The van der Waals surface area contributed by atoms with E-state index in [1.807, 2.05) is 35.2 Å². The number of urea groups is 1. The molecule has 8 nitrogen and oxygen atoms in total. The van der Waals surface area contributed by atoms with Crippen LogP contribution in [0.2, 0.25) is 0 Å². The normalized spacial score (nSPS) is 18.5. The number of nitrogens with one attached hydrogen (secondary N) is 3. The highest BCUT2D eigenvalue weighted by Gasteiger charge is 2.47. The van der Waals surface area contributed by atoms with Crippen molar-refractivity contribution in [3.8, 4) is 0 Å². The molecular weight excluding hydrogens is 478 g/mol. The molecular formula is C30H43N5O3. The van der Waals surface area contributed by atoms with Crippen molar-refractivity contribution < 1.29 is 14.4 Å². The monoisotopic (exact) mass is 521 g/mol. The molecule has 206 valence electrons. The first-order chi connectivity index (χ1) is 18.5. The highest BCUT2D eigenvalue weighted by molar-refractivity contribution is 5.88. The van der Waals surface area contributed by atoms with Gasteiger partial charge in [0.25, 0.3) is 0 Å². The second-order valence-electron chi connectivity index (χ2n) is 11.0. The highest BCUT2D eigenvalue weighted by Crippen LogP contribution is 2.47. The van der Waals surface area contributed by atoms with Crippen molar-refractivity contribution in [1.29, 1.82) is 0 Å². The van der Waals surface area contributed by atoms with Crippen LogP contribution in [-0.4, -0.2) is 58.3 Å². The number of piperidine rings is 1. The van der Waals surface area contributed by atoms with E-state index in [9.17, 15) is 14.4 Å². The number of H-pyrrole nitrogens is 1. The number of aromatic amines is 1. The molecule has 2 heterocycles. The number of carbonyl (C=O) groups is 3. The maximum atomic E-state index is 13.8. The second-order valence-corrected chi connectivity index (χ2v) is 11.0. The Kier molecular flexibility index (Phi) is 9.96. The number of likely N-dealkylation sites (tertiary alicyclic amines) is 1. The smallest absolute Gasteiger partial charge is 0.315 e. The molecule has 1 aromatic carbocycles. The lowest BCUT2D eigenvalue weighted by Gasteiger charge is -2.47. The number of hydrogen-bond donors (Lipinski definition) is 3. The molecule has 3 amide bonds. The van der Waals surface area contributed by atoms with E-state index in [1.165, 1.54) is 19.3 Å². The fraction of sp³-hybridized carbons (Fsp3) is 0.600. The fourth-order valence-electron chi connectivity index (χ4n) is 6.38. The van der Waals surface area contributed by atoms with Crippen molar-refractivity contribution in [1.82, 2.24) is 25.5 Å². The minimum atomic E-state index is -0.668. The summed E-state index contributed by atoms with van der Waals surface area (Å²) in [5.74, 6) is 0.763. The van der Waals surface area contributed by atoms with Crippen LogP contribution in [0.3, 0.4) is 0 Å². The van der Waals surface area contributed by atoms with E-state index in [4.69, 9.17) is 0 Å². The van der Waals surface area contributed by atoms with Gasteiger partial charge >= 0.3 is 6.03 Å². The summed E-state index contributed by atoms with van der Waals surface area (Å²) < 4.78 is 0. The van der Waals surface area contributed by atoms with E-state index in [0.29, 0.717) is 50.6 Å². The lowest BCUT2D eigenvalue weighted by atomic mass is 9.61. The molecule has 38 heavy (non-hydrogen) atoms. The first kappa shape index (κ1) is 27.9. The summed E-state index contributed by atoms with van der Waals surface area (Å²) in [5.41, 5.74) is 1.64. The van der Waals surface area contributed by atoms with E-state index in [0.717, 1.165) is 43.4 Å². The van der Waals surface area contributed by atoms with Gasteiger partial charge < -0.3 is 20.5 Å². The Balaban J connectivity index is 1.41. The molecule has 1 atom stereocenters. The standard InChI is InChI=1S/C30H43N5O3/c1-2-9-27(36)30(24-12-7-4-8-13-24)15-18-35(19-16-30)28(37)26(20-23-10-5-3-6-11-23)34-29(38)32-17-14-25-21-31-22-33-25/h3,5-6,10-11,21-22,24,26H,2,4,7-9,12-20H2,1H3,(H,31,33)(H2,32,34,38). The zero-order chi connectivity index (χ0) is 26.8. The topological polar surface area (TPSA) is 107 Å². The predicted molar refractivity (Wildman–Crippen MR) is 147 cm³/mol. The molecule has 8 heteroatoms. The van der Waals surface area contributed by atoms with Crippen LogP contribution in [0.5, 0.6) is 0 Å². The van der Waals surface area contributed by atoms with Gasteiger partial charge in [-0.1, -0.05) is 56.5 Å². The van der Waals surface area contributed by atoms with Gasteiger partial charge in [0, 0.05) is 56.2 Å². The molecule has 0 spiro atoms. The zero-order valence-corrected chi connectivity index (χ0v) is 22.7. The van der Waals surface area contributed by atoms with Crippen molar-refractivity contribution in [2.45, 2.75) is 83.6 Å². The van der Waals surface area contributed by atoms with E-state index in [1.54, 1.807) is 12.5 Å². The summed E-state index contributed by atoms with van der Waals surface area (Å²) in [6, 6.07) is 8.76. The number of amides is 3. The number of Topliss-reactive ketones (excluding diaryl/α,β-unsaturated/α-hetero) is 1. The summed E-state index contributed by atoms with van der Waals surface area (Å²) >= 11 is 0. The van der Waals surface area contributed by atoms with E-state index in [-0.39, 0.29) is 17.4 Å². The van der Waals surface area contributed by atoms with Crippen LogP contribution < -0.4 is 10.6 Å². The number of ketones is 1. The van der Waals surface area contributed by atoms with Gasteiger partial charge in [0.2, 0.25) is 5.91 Å². The molecule has 0 bridgehead atoms.